The fourth-order valence-electron chi connectivity index (χ4n) is 2.03. The van der Waals surface area contributed by atoms with E-state index < -0.39 is 0 Å². The van der Waals surface area contributed by atoms with Gasteiger partial charge in [-0.1, -0.05) is 12.1 Å². The van der Waals surface area contributed by atoms with Crippen molar-refractivity contribution >= 4 is 23.4 Å². The molecule has 1 aliphatic rings. The molecule has 0 aromatic heterocycles. The van der Waals surface area contributed by atoms with E-state index in [-0.39, 0.29) is 5.91 Å². The molecule has 0 aliphatic carbocycles. The summed E-state index contributed by atoms with van der Waals surface area (Å²) in [5.41, 5.74) is 2.33. The first-order valence-electron chi connectivity index (χ1n) is 6.30. The third-order valence-corrected chi connectivity index (χ3v) is 4.35. The molecule has 1 aromatic carbocycles. The van der Waals surface area contributed by atoms with E-state index in [4.69, 9.17) is 0 Å². The van der Waals surface area contributed by atoms with Gasteiger partial charge in [-0.25, -0.2) is 0 Å². The molecule has 3 nitrogen and oxygen atoms in total. The minimum absolute atomic E-state index is 0.0977. The van der Waals surface area contributed by atoms with Gasteiger partial charge in [0.15, 0.2) is 0 Å². The zero-order valence-corrected chi connectivity index (χ0v) is 11.8. The Hall–Kier alpha value is -1.16. The smallest absolute Gasteiger partial charge is 0.219 e. The summed E-state index contributed by atoms with van der Waals surface area (Å²) in [6.45, 7) is 2.27. The lowest BCUT2D eigenvalue weighted by atomic mass is 10.1. The van der Waals surface area contributed by atoms with Gasteiger partial charge in [-0.3, -0.25) is 4.79 Å². The summed E-state index contributed by atoms with van der Waals surface area (Å²) in [4.78, 5) is 12.9. The quantitative estimate of drug-likeness (QED) is 0.907. The van der Waals surface area contributed by atoms with E-state index in [9.17, 15) is 4.79 Å². The molecule has 1 fully saturated rings. The number of thioether (sulfide) groups is 1. The molecule has 0 bridgehead atoms. The Balaban J connectivity index is 1.98. The Morgan fingerprint density at radius 2 is 2.39 bits per heavy atom. The lowest BCUT2D eigenvalue weighted by Crippen LogP contribution is -2.23. The van der Waals surface area contributed by atoms with Crippen LogP contribution < -0.4 is 5.32 Å². The maximum atomic E-state index is 11.2. The summed E-state index contributed by atoms with van der Waals surface area (Å²) in [5, 5.41) is 3.56. The predicted octanol–water partition coefficient (Wildman–Crippen LogP) is 2.58. The third kappa shape index (κ3) is 3.67. The molecule has 1 atom stereocenters. The number of benzene rings is 1. The van der Waals surface area contributed by atoms with E-state index in [1.165, 1.54) is 23.5 Å². The lowest BCUT2D eigenvalue weighted by molar-refractivity contribution is -0.128. The fraction of sp³-hybridized carbons (Fsp3) is 0.500. The highest BCUT2D eigenvalue weighted by Gasteiger charge is 2.14. The highest BCUT2D eigenvalue weighted by atomic mass is 32.2. The molecule has 0 spiro atoms. The topological polar surface area (TPSA) is 32.3 Å². The number of nitrogens with one attached hydrogen (secondary N) is 1. The van der Waals surface area contributed by atoms with Gasteiger partial charge in [0, 0.05) is 38.0 Å². The van der Waals surface area contributed by atoms with Gasteiger partial charge in [0.05, 0.1) is 0 Å². The largest absolute Gasteiger partial charge is 0.381 e. The molecule has 1 heterocycles. The number of hydrogen-bond acceptors (Lipinski definition) is 3. The van der Waals surface area contributed by atoms with Crippen LogP contribution in [-0.2, 0) is 11.3 Å². The van der Waals surface area contributed by atoms with Crippen molar-refractivity contribution in [3.8, 4) is 0 Å². The SMILES string of the molecule is CC(=O)N(C)Cc1cccc(NC2CCSC2)c1. The van der Waals surface area contributed by atoms with E-state index >= 15 is 0 Å². The van der Waals surface area contributed by atoms with Crippen molar-refractivity contribution in [2.45, 2.75) is 25.9 Å². The summed E-state index contributed by atoms with van der Waals surface area (Å²) in [5.74, 6) is 2.54. The zero-order chi connectivity index (χ0) is 13.0. The van der Waals surface area contributed by atoms with E-state index in [2.05, 4.69) is 23.5 Å². The molecule has 1 saturated heterocycles. The number of amides is 1. The second-order valence-electron chi connectivity index (χ2n) is 4.78. The molecule has 1 unspecified atom stereocenters. The second kappa shape index (κ2) is 6.14. The van der Waals surface area contributed by atoms with Crippen molar-refractivity contribution < 1.29 is 4.79 Å². The molecule has 0 radical (unpaired) electrons. The average Bonchev–Trinajstić information content (AvgIpc) is 2.82. The third-order valence-electron chi connectivity index (χ3n) is 3.18. The minimum Gasteiger partial charge on any atom is -0.381 e. The van der Waals surface area contributed by atoms with E-state index in [1.54, 1.807) is 11.8 Å². The number of hydrogen-bond donors (Lipinski definition) is 1. The van der Waals surface area contributed by atoms with Crippen molar-refractivity contribution in [3.05, 3.63) is 29.8 Å². The molecular formula is C14H20N2OS. The van der Waals surface area contributed by atoms with Crippen LogP contribution in [0.25, 0.3) is 0 Å². The Kier molecular flexibility index (Phi) is 4.53. The summed E-state index contributed by atoms with van der Waals surface area (Å²) in [6.07, 6.45) is 1.24. The van der Waals surface area contributed by atoms with Crippen LogP contribution in [0, 0.1) is 0 Å². The fourth-order valence-corrected chi connectivity index (χ4v) is 3.18. The van der Waals surface area contributed by atoms with Crippen LogP contribution in [0.1, 0.15) is 18.9 Å². The predicted molar refractivity (Wildman–Crippen MR) is 77.9 cm³/mol. The molecular weight excluding hydrogens is 244 g/mol. The van der Waals surface area contributed by atoms with Gasteiger partial charge in [-0.05, 0) is 29.9 Å². The number of nitrogens with zero attached hydrogens (tertiary/aromatic N) is 1. The summed E-state index contributed by atoms with van der Waals surface area (Å²) in [7, 11) is 1.83. The van der Waals surface area contributed by atoms with Crippen LogP contribution in [0.3, 0.4) is 0 Å². The number of rotatable bonds is 4. The minimum atomic E-state index is 0.0977. The van der Waals surface area contributed by atoms with Crippen molar-refractivity contribution in [3.63, 3.8) is 0 Å². The van der Waals surface area contributed by atoms with Crippen LogP contribution >= 0.6 is 11.8 Å². The molecule has 4 heteroatoms. The Morgan fingerprint density at radius 3 is 3.06 bits per heavy atom. The van der Waals surface area contributed by atoms with Crippen molar-refractivity contribution in [1.82, 2.24) is 4.90 Å². The normalized spacial score (nSPS) is 18.7. The molecule has 0 saturated carbocycles. The maximum Gasteiger partial charge on any atom is 0.219 e. The molecule has 1 aliphatic heterocycles. The molecule has 18 heavy (non-hydrogen) atoms. The Labute approximate surface area is 113 Å². The van der Waals surface area contributed by atoms with Crippen LogP contribution in [0.5, 0.6) is 0 Å². The van der Waals surface area contributed by atoms with Gasteiger partial charge >= 0.3 is 0 Å². The van der Waals surface area contributed by atoms with E-state index in [1.807, 2.05) is 24.9 Å². The molecule has 1 aromatic rings. The maximum absolute atomic E-state index is 11.2. The molecule has 1 N–H and O–H groups in total. The van der Waals surface area contributed by atoms with Crippen LogP contribution in [0.2, 0.25) is 0 Å². The van der Waals surface area contributed by atoms with Gasteiger partial charge in [-0.2, -0.15) is 11.8 Å². The molecule has 2 rings (SSSR count). The first-order chi connectivity index (χ1) is 8.65. The highest BCUT2D eigenvalue weighted by Crippen LogP contribution is 2.22. The van der Waals surface area contributed by atoms with Gasteiger partial charge in [0.1, 0.15) is 0 Å². The van der Waals surface area contributed by atoms with Crippen LogP contribution in [0.4, 0.5) is 5.69 Å². The second-order valence-corrected chi connectivity index (χ2v) is 5.93. The highest BCUT2D eigenvalue weighted by molar-refractivity contribution is 7.99. The Morgan fingerprint density at radius 1 is 1.56 bits per heavy atom. The van der Waals surface area contributed by atoms with Crippen molar-refractivity contribution in [2.75, 3.05) is 23.9 Å². The van der Waals surface area contributed by atoms with Gasteiger partial charge in [0.25, 0.3) is 0 Å². The van der Waals surface area contributed by atoms with Crippen molar-refractivity contribution in [1.29, 1.82) is 0 Å². The van der Waals surface area contributed by atoms with Gasteiger partial charge in [0.2, 0.25) is 5.91 Å². The van der Waals surface area contributed by atoms with Crippen LogP contribution in [0.15, 0.2) is 24.3 Å². The summed E-state index contributed by atoms with van der Waals surface area (Å²) < 4.78 is 0. The number of anilines is 1. The molecule has 98 valence electrons. The standard InChI is InChI=1S/C14H20N2OS/c1-11(17)16(2)9-12-4-3-5-13(8-12)15-14-6-7-18-10-14/h3-5,8,14-15H,6-7,9-10H2,1-2H3. The average molecular weight is 264 g/mol. The lowest BCUT2D eigenvalue weighted by Gasteiger charge is -2.17. The summed E-state index contributed by atoms with van der Waals surface area (Å²) in [6, 6.07) is 8.94. The zero-order valence-electron chi connectivity index (χ0n) is 11.0. The van der Waals surface area contributed by atoms with Crippen molar-refractivity contribution in [2.24, 2.45) is 0 Å². The monoisotopic (exact) mass is 264 g/mol. The molecule has 1 amide bonds. The number of carbonyl (C=O) groups excluding carboxylic acids is 1. The van der Waals surface area contributed by atoms with Gasteiger partial charge in [-0.15, -0.1) is 0 Å². The first-order valence-corrected chi connectivity index (χ1v) is 7.45. The summed E-state index contributed by atoms with van der Waals surface area (Å²) >= 11 is 2.00. The first kappa shape index (κ1) is 13.3. The van der Waals surface area contributed by atoms with E-state index in [0.717, 1.165) is 5.69 Å². The van der Waals surface area contributed by atoms with Gasteiger partial charge < -0.3 is 10.2 Å². The Bertz CT molecular complexity index is 416. The van der Waals surface area contributed by atoms with E-state index in [0.29, 0.717) is 12.6 Å². The van der Waals surface area contributed by atoms with Crippen LogP contribution in [-0.4, -0.2) is 35.4 Å². The number of carbonyl (C=O) groups is 1.